The zero-order chi connectivity index (χ0) is 22.2. The summed E-state index contributed by atoms with van der Waals surface area (Å²) >= 11 is 6.29. The highest BCUT2D eigenvalue weighted by atomic mass is 35.5. The molecule has 4 rings (SSSR count). The molecule has 0 aliphatic heterocycles. The summed E-state index contributed by atoms with van der Waals surface area (Å²) in [6.45, 7) is -1.06. The molecule has 1 amide bonds. The molecule has 160 valence electrons. The molecule has 0 saturated heterocycles. The van der Waals surface area contributed by atoms with Gasteiger partial charge >= 0.3 is 6.18 Å². The lowest BCUT2D eigenvalue weighted by atomic mass is 9.79. The topological polar surface area (TPSA) is 93.6 Å². The number of anilines is 1. The van der Waals surface area contributed by atoms with E-state index >= 15 is 0 Å². The molecule has 1 aromatic heterocycles. The maximum atomic E-state index is 12.5. The Morgan fingerprint density at radius 1 is 1.26 bits per heavy atom. The average Bonchev–Trinajstić information content (AvgIpc) is 3.08. The van der Waals surface area contributed by atoms with Crippen LogP contribution in [0, 0.1) is 17.2 Å². The van der Waals surface area contributed by atoms with Crippen LogP contribution in [0.25, 0.3) is 22.0 Å². The van der Waals surface area contributed by atoms with E-state index < -0.39 is 12.7 Å². The van der Waals surface area contributed by atoms with E-state index in [2.05, 4.69) is 26.9 Å². The Balaban J connectivity index is 1.48. The Bertz CT molecular complexity index is 1180. The van der Waals surface area contributed by atoms with Crippen LogP contribution < -0.4 is 10.6 Å². The second-order valence-electron chi connectivity index (χ2n) is 7.49. The molecule has 2 aromatic carbocycles. The first-order valence-electron chi connectivity index (χ1n) is 9.52. The van der Waals surface area contributed by atoms with Crippen LogP contribution in [0.15, 0.2) is 36.4 Å². The third kappa shape index (κ3) is 4.65. The lowest BCUT2D eigenvalue weighted by Gasteiger charge is -2.34. The molecular formula is C21H17ClF3N5O. The van der Waals surface area contributed by atoms with Crippen LogP contribution in [0.2, 0.25) is 5.02 Å². The number of carbonyl (C=O) groups excluding carboxylic acids is 1. The molecule has 1 heterocycles. The standard InChI is InChI=1S/C21H17ClF3N5O/c22-17-3-1-11(9-26)5-15(17)12-2-4-18-16(8-12)19(30-29-18)28-20(31)13-6-14(7-13)27-10-21(23,24)25/h1-5,8,13-14,27H,6-7,10H2,(H2,28,29,30,31). The van der Waals surface area contributed by atoms with E-state index in [1.165, 1.54) is 0 Å². The number of nitrogens with one attached hydrogen (secondary N) is 3. The van der Waals surface area contributed by atoms with E-state index in [4.69, 9.17) is 16.9 Å². The van der Waals surface area contributed by atoms with Gasteiger partial charge < -0.3 is 10.6 Å². The molecule has 1 fully saturated rings. The second-order valence-corrected chi connectivity index (χ2v) is 7.90. The summed E-state index contributed by atoms with van der Waals surface area (Å²) < 4.78 is 36.8. The molecule has 0 unspecified atom stereocenters. The van der Waals surface area contributed by atoms with Gasteiger partial charge in [0.1, 0.15) is 0 Å². The Kier molecular flexibility index (Phi) is 5.60. The van der Waals surface area contributed by atoms with Crippen molar-refractivity contribution in [2.45, 2.75) is 25.1 Å². The fourth-order valence-corrected chi connectivity index (χ4v) is 3.80. The number of H-pyrrole nitrogens is 1. The number of alkyl halides is 3. The van der Waals surface area contributed by atoms with Crippen LogP contribution in [-0.4, -0.2) is 34.9 Å². The number of hydrogen-bond acceptors (Lipinski definition) is 4. The lowest BCUT2D eigenvalue weighted by Crippen LogP contribution is -2.48. The van der Waals surface area contributed by atoms with Crippen LogP contribution in [0.4, 0.5) is 19.0 Å². The Morgan fingerprint density at radius 3 is 2.74 bits per heavy atom. The molecule has 10 heteroatoms. The Hall–Kier alpha value is -3.09. The molecular weight excluding hydrogens is 431 g/mol. The van der Waals surface area contributed by atoms with Gasteiger partial charge in [0.2, 0.25) is 5.91 Å². The van der Waals surface area contributed by atoms with Gasteiger partial charge in [0.15, 0.2) is 5.82 Å². The molecule has 0 bridgehead atoms. The number of nitriles is 1. The number of rotatable bonds is 5. The fourth-order valence-electron chi connectivity index (χ4n) is 3.57. The van der Waals surface area contributed by atoms with Crippen molar-refractivity contribution in [2.75, 3.05) is 11.9 Å². The normalized spacial score (nSPS) is 18.4. The number of carbonyl (C=O) groups is 1. The van der Waals surface area contributed by atoms with Gasteiger partial charge in [0.25, 0.3) is 0 Å². The highest BCUT2D eigenvalue weighted by molar-refractivity contribution is 6.33. The van der Waals surface area contributed by atoms with Gasteiger partial charge in [-0.05, 0) is 48.7 Å². The smallest absolute Gasteiger partial charge is 0.308 e. The summed E-state index contributed by atoms with van der Waals surface area (Å²) in [7, 11) is 0. The monoisotopic (exact) mass is 447 g/mol. The summed E-state index contributed by atoms with van der Waals surface area (Å²) in [5, 5.41) is 22.4. The minimum atomic E-state index is -4.27. The predicted molar refractivity (Wildman–Crippen MR) is 110 cm³/mol. The van der Waals surface area contributed by atoms with Gasteiger partial charge in [-0.2, -0.15) is 23.5 Å². The van der Waals surface area contributed by atoms with Crippen molar-refractivity contribution in [1.29, 1.82) is 5.26 Å². The van der Waals surface area contributed by atoms with Crippen molar-refractivity contribution in [3.05, 3.63) is 47.0 Å². The van der Waals surface area contributed by atoms with Gasteiger partial charge in [-0.3, -0.25) is 9.89 Å². The zero-order valence-corrected chi connectivity index (χ0v) is 16.8. The Labute approximate surface area is 180 Å². The molecule has 1 aliphatic carbocycles. The third-order valence-electron chi connectivity index (χ3n) is 5.31. The van der Waals surface area contributed by atoms with E-state index in [1.807, 2.05) is 12.1 Å². The first-order valence-corrected chi connectivity index (χ1v) is 9.90. The van der Waals surface area contributed by atoms with Crippen molar-refractivity contribution >= 4 is 34.2 Å². The van der Waals surface area contributed by atoms with E-state index in [-0.39, 0.29) is 17.9 Å². The number of benzene rings is 2. The summed E-state index contributed by atoms with van der Waals surface area (Å²) in [5.74, 6) is -0.322. The van der Waals surface area contributed by atoms with Gasteiger partial charge in [-0.1, -0.05) is 17.7 Å². The summed E-state index contributed by atoms with van der Waals surface area (Å²) in [6, 6.07) is 12.2. The molecule has 31 heavy (non-hydrogen) atoms. The SMILES string of the molecule is N#Cc1ccc(Cl)c(-c2ccc3[nH]nc(NC(=O)C4CC(NCC(F)(F)F)C4)c3c2)c1. The summed E-state index contributed by atoms with van der Waals surface area (Å²) in [4.78, 5) is 12.5. The van der Waals surface area contributed by atoms with Crippen LogP contribution in [0.5, 0.6) is 0 Å². The molecule has 6 nitrogen and oxygen atoms in total. The highest BCUT2D eigenvalue weighted by Gasteiger charge is 2.37. The second kappa shape index (κ2) is 8.21. The molecule has 3 aromatic rings. The third-order valence-corrected chi connectivity index (χ3v) is 5.64. The van der Waals surface area contributed by atoms with Crippen molar-refractivity contribution in [1.82, 2.24) is 15.5 Å². The minimum absolute atomic E-state index is 0.284. The number of halogens is 4. The lowest BCUT2D eigenvalue weighted by molar-refractivity contribution is -0.130. The van der Waals surface area contributed by atoms with E-state index in [9.17, 15) is 18.0 Å². The average molecular weight is 448 g/mol. The van der Waals surface area contributed by atoms with Gasteiger partial charge in [-0.25, -0.2) is 0 Å². The molecule has 0 radical (unpaired) electrons. The van der Waals surface area contributed by atoms with E-state index in [0.29, 0.717) is 45.7 Å². The van der Waals surface area contributed by atoms with Crippen molar-refractivity contribution in [3.8, 4) is 17.2 Å². The number of aromatic amines is 1. The van der Waals surface area contributed by atoms with Gasteiger partial charge in [0.05, 0.1) is 23.7 Å². The first-order chi connectivity index (χ1) is 14.7. The van der Waals surface area contributed by atoms with E-state index in [1.54, 1.807) is 24.3 Å². The van der Waals surface area contributed by atoms with Gasteiger partial charge in [-0.15, -0.1) is 0 Å². The predicted octanol–water partition coefficient (Wildman–Crippen LogP) is 4.62. The van der Waals surface area contributed by atoms with Gasteiger partial charge in [0, 0.05) is 27.9 Å². The first kappa shape index (κ1) is 21.2. The minimum Gasteiger partial charge on any atom is -0.308 e. The van der Waals surface area contributed by atoms with Crippen LogP contribution in [0.1, 0.15) is 18.4 Å². The molecule has 0 atom stereocenters. The quantitative estimate of drug-likeness (QED) is 0.532. The molecule has 3 N–H and O–H groups in total. The van der Waals surface area contributed by atoms with Crippen LogP contribution in [-0.2, 0) is 4.79 Å². The summed E-state index contributed by atoms with van der Waals surface area (Å²) in [6.07, 6.45) is -3.59. The Morgan fingerprint density at radius 2 is 2.03 bits per heavy atom. The molecule has 0 spiro atoms. The summed E-state index contributed by atoms with van der Waals surface area (Å²) in [5.41, 5.74) is 2.61. The maximum Gasteiger partial charge on any atom is 0.401 e. The largest absolute Gasteiger partial charge is 0.401 e. The highest BCUT2D eigenvalue weighted by Crippen LogP contribution is 2.34. The van der Waals surface area contributed by atoms with Crippen molar-refractivity contribution in [3.63, 3.8) is 0 Å². The number of hydrogen-bond donors (Lipinski definition) is 3. The van der Waals surface area contributed by atoms with Crippen molar-refractivity contribution in [2.24, 2.45) is 5.92 Å². The zero-order valence-electron chi connectivity index (χ0n) is 16.1. The number of nitrogens with zero attached hydrogens (tertiary/aromatic N) is 2. The van der Waals surface area contributed by atoms with Crippen LogP contribution in [0.3, 0.4) is 0 Å². The molecule has 1 saturated carbocycles. The number of aromatic nitrogens is 2. The number of fused-ring (bicyclic) bond motifs is 1. The van der Waals surface area contributed by atoms with Crippen LogP contribution >= 0.6 is 11.6 Å². The number of amides is 1. The van der Waals surface area contributed by atoms with E-state index in [0.717, 1.165) is 5.56 Å². The maximum absolute atomic E-state index is 12.5. The molecule has 1 aliphatic rings. The fraction of sp³-hybridized carbons (Fsp3) is 0.286. The van der Waals surface area contributed by atoms with Crippen molar-refractivity contribution < 1.29 is 18.0 Å².